The Bertz CT molecular complexity index is 656. The van der Waals surface area contributed by atoms with E-state index in [-0.39, 0.29) is 5.91 Å². The molecule has 0 atom stereocenters. The predicted octanol–water partition coefficient (Wildman–Crippen LogP) is 2.48. The Morgan fingerprint density at radius 3 is 2.95 bits per heavy atom. The van der Waals surface area contributed by atoms with Crippen molar-refractivity contribution in [3.05, 3.63) is 41.7 Å². The van der Waals surface area contributed by atoms with E-state index in [9.17, 15) is 4.79 Å². The SMILES string of the molecule is O=C(CSc1nccn1-c1cccc(Cl)c1)N1CCOCC1. The highest BCUT2D eigenvalue weighted by atomic mass is 35.5. The molecule has 0 aliphatic carbocycles. The molecule has 0 radical (unpaired) electrons. The summed E-state index contributed by atoms with van der Waals surface area (Å²) in [5.41, 5.74) is 0.936. The summed E-state index contributed by atoms with van der Waals surface area (Å²) in [5, 5.41) is 1.45. The Hall–Kier alpha value is -1.50. The molecule has 1 amide bonds. The van der Waals surface area contributed by atoms with Crippen molar-refractivity contribution in [2.45, 2.75) is 5.16 Å². The number of carbonyl (C=O) groups excluding carboxylic acids is 1. The number of thioether (sulfide) groups is 1. The standard InChI is InChI=1S/C15H16ClN3O2S/c16-12-2-1-3-13(10-12)19-5-4-17-15(19)22-11-14(20)18-6-8-21-9-7-18/h1-5,10H,6-9,11H2. The fourth-order valence-corrected chi connectivity index (χ4v) is 3.31. The molecule has 1 fully saturated rings. The molecular weight excluding hydrogens is 322 g/mol. The van der Waals surface area contributed by atoms with Gasteiger partial charge in [-0.15, -0.1) is 0 Å². The van der Waals surface area contributed by atoms with Gasteiger partial charge in [0.05, 0.1) is 19.0 Å². The van der Waals surface area contributed by atoms with Crippen molar-refractivity contribution in [3.8, 4) is 5.69 Å². The lowest BCUT2D eigenvalue weighted by Crippen LogP contribution is -2.41. The molecule has 2 heterocycles. The number of nitrogens with zero attached hydrogens (tertiary/aromatic N) is 3. The summed E-state index contributed by atoms with van der Waals surface area (Å²) in [6.07, 6.45) is 3.59. The largest absolute Gasteiger partial charge is 0.378 e. The van der Waals surface area contributed by atoms with Crippen molar-refractivity contribution in [3.63, 3.8) is 0 Å². The minimum absolute atomic E-state index is 0.119. The molecule has 1 aromatic heterocycles. The zero-order valence-corrected chi connectivity index (χ0v) is 13.5. The van der Waals surface area contributed by atoms with Gasteiger partial charge in [-0.1, -0.05) is 29.4 Å². The van der Waals surface area contributed by atoms with E-state index >= 15 is 0 Å². The van der Waals surface area contributed by atoms with Gasteiger partial charge in [-0.3, -0.25) is 9.36 Å². The van der Waals surface area contributed by atoms with E-state index in [0.29, 0.717) is 37.1 Å². The predicted molar refractivity (Wildman–Crippen MR) is 86.7 cm³/mol. The minimum Gasteiger partial charge on any atom is -0.378 e. The zero-order chi connectivity index (χ0) is 15.4. The first kappa shape index (κ1) is 15.4. The van der Waals surface area contributed by atoms with E-state index in [0.717, 1.165) is 10.8 Å². The summed E-state index contributed by atoms with van der Waals surface area (Å²) in [5.74, 6) is 0.492. The van der Waals surface area contributed by atoms with Crippen LogP contribution in [0.4, 0.5) is 0 Å². The second kappa shape index (κ2) is 7.17. The molecule has 3 rings (SSSR count). The number of hydrogen-bond donors (Lipinski definition) is 0. The molecule has 7 heteroatoms. The highest BCUT2D eigenvalue weighted by molar-refractivity contribution is 7.99. The van der Waals surface area contributed by atoms with E-state index in [4.69, 9.17) is 16.3 Å². The monoisotopic (exact) mass is 337 g/mol. The van der Waals surface area contributed by atoms with Crippen LogP contribution in [0.5, 0.6) is 0 Å². The number of aromatic nitrogens is 2. The van der Waals surface area contributed by atoms with Gasteiger partial charge in [-0.05, 0) is 18.2 Å². The average Bonchev–Trinajstić information content (AvgIpc) is 3.02. The molecule has 22 heavy (non-hydrogen) atoms. The van der Waals surface area contributed by atoms with Crippen LogP contribution in [0, 0.1) is 0 Å². The molecule has 1 aromatic carbocycles. The Labute approximate surface area is 138 Å². The van der Waals surface area contributed by atoms with Gasteiger partial charge in [-0.25, -0.2) is 4.98 Å². The second-order valence-corrected chi connectivity index (χ2v) is 6.22. The summed E-state index contributed by atoms with van der Waals surface area (Å²) in [7, 11) is 0. The number of morpholine rings is 1. The third kappa shape index (κ3) is 3.63. The van der Waals surface area contributed by atoms with Crippen LogP contribution in [0.2, 0.25) is 5.02 Å². The Kier molecular flexibility index (Phi) is 5.02. The second-order valence-electron chi connectivity index (χ2n) is 4.84. The number of rotatable bonds is 4. The number of hydrogen-bond acceptors (Lipinski definition) is 4. The summed E-state index contributed by atoms with van der Waals surface area (Å²) in [6.45, 7) is 2.57. The molecule has 5 nitrogen and oxygen atoms in total. The van der Waals surface area contributed by atoms with Gasteiger partial charge in [0.15, 0.2) is 5.16 Å². The number of carbonyl (C=O) groups is 1. The van der Waals surface area contributed by atoms with Crippen molar-refractivity contribution in [2.24, 2.45) is 0 Å². The molecule has 1 saturated heterocycles. The van der Waals surface area contributed by atoms with Crippen molar-refractivity contribution in [2.75, 3.05) is 32.1 Å². The summed E-state index contributed by atoms with van der Waals surface area (Å²) >= 11 is 7.46. The number of ether oxygens (including phenoxy) is 1. The third-order valence-electron chi connectivity index (χ3n) is 3.38. The fourth-order valence-electron chi connectivity index (χ4n) is 2.25. The van der Waals surface area contributed by atoms with Gasteiger partial charge in [0.2, 0.25) is 5.91 Å². The van der Waals surface area contributed by atoms with Crippen LogP contribution in [0.15, 0.2) is 41.8 Å². The fraction of sp³-hybridized carbons (Fsp3) is 0.333. The van der Waals surface area contributed by atoms with Gasteiger partial charge < -0.3 is 9.64 Å². The smallest absolute Gasteiger partial charge is 0.233 e. The number of imidazole rings is 1. The maximum atomic E-state index is 12.2. The lowest BCUT2D eigenvalue weighted by Gasteiger charge is -2.26. The highest BCUT2D eigenvalue weighted by Crippen LogP contribution is 2.22. The topological polar surface area (TPSA) is 47.4 Å². The quantitative estimate of drug-likeness (QED) is 0.804. The number of benzene rings is 1. The van der Waals surface area contributed by atoms with E-state index in [2.05, 4.69) is 4.98 Å². The van der Waals surface area contributed by atoms with E-state index in [1.807, 2.05) is 39.9 Å². The van der Waals surface area contributed by atoms with E-state index in [1.54, 1.807) is 6.20 Å². The molecule has 0 spiro atoms. The summed E-state index contributed by atoms with van der Waals surface area (Å²) < 4.78 is 7.19. The molecule has 2 aromatic rings. The summed E-state index contributed by atoms with van der Waals surface area (Å²) in [6, 6.07) is 7.56. The van der Waals surface area contributed by atoms with Crippen LogP contribution >= 0.6 is 23.4 Å². The first-order valence-corrected chi connectivity index (χ1v) is 8.38. The van der Waals surface area contributed by atoms with Crippen LogP contribution in [0.3, 0.4) is 0 Å². The zero-order valence-electron chi connectivity index (χ0n) is 11.9. The van der Waals surface area contributed by atoms with Crippen LogP contribution in [-0.4, -0.2) is 52.4 Å². The minimum atomic E-state index is 0.119. The lowest BCUT2D eigenvalue weighted by molar-refractivity contribution is -0.132. The normalized spacial score (nSPS) is 15.0. The van der Waals surface area contributed by atoms with Crippen LogP contribution < -0.4 is 0 Å². The summed E-state index contributed by atoms with van der Waals surface area (Å²) in [4.78, 5) is 18.3. The van der Waals surface area contributed by atoms with E-state index < -0.39 is 0 Å². The Morgan fingerprint density at radius 2 is 2.18 bits per heavy atom. The molecule has 1 aliphatic heterocycles. The Morgan fingerprint density at radius 1 is 1.36 bits per heavy atom. The van der Waals surface area contributed by atoms with Crippen molar-refractivity contribution < 1.29 is 9.53 Å². The molecule has 0 unspecified atom stereocenters. The first-order chi connectivity index (χ1) is 10.7. The molecule has 116 valence electrons. The van der Waals surface area contributed by atoms with Crippen LogP contribution in [0.25, 0.3) is 5.69 Å². The van der Waals surface area contributed by atoms with Gasteiger partial charge in [0.25, 0.3) is 0 Å². The first-order valence-electron chi connectivity index (χ1n) is 7.01. The van der Waals surface area contributed by atoms with Crippen molar-refractivity contribution in [1.82, 2.24) is 14.5 Å². The third-order valence-corrected chi connectivity index (χ3v) is 4.57. The lowest BCUT2D eigenvalue weighted by atomic mass is 10.3. The van der Waals surface area contributed by atoms with Gasteiger partial charge >= 0.3 is 0 Å². The molecule has 1 aliphatic rings. The number of amides is 1. The van der Waals surface area contributed by atoms with Gasteiger partial charge in [0.1, 0.15) is 0 Å². The maximum Gasteiger partial charge on any atom is 0.233 e. The maximum absolute atomic E-state index is 12.2. The van der Waals surface area contributed by atoms with Gasteiger partial charge in [0, 0.05) is 36.2 Å². The van der Waals surface area contributed by atoms with Gasteiger partial charge in [-0.2, -0.15) is 0 Å². The molecule has 0 saturated carbocycles. The number of halogens is 1. The Balaban J connectivity index is 1.66. The highest BCUT2D eigenvalue weighted by Gasteiger charge is 2.18. The van der Waals surface area contributed by atoms with Crippen LogP contribution in [-0.2, 0) is 9.53 Å². The average molecular weight is 338 g/mol. The molecule has 0 bridgehead atoms. The van der Waals surface area contributed by atoms with Crippen LogP contribution in [0.1, 0.15) is 0 Å². The molecular formula is C15H16ClN3O2S. The van der Waals surface area contributed by atoms with Crippen molar-refractivity contribution in [1.29, 1.82) is 0 Å². The van der Waals surface area contributed by atoms with E-state index in [1.165, 1.54) is 11.8 Å². The van der Waals surface area contributed by atoms with Crippen molar-refractivity contribution >= 4 is 29.3 Å². The molecule has 0 N–H and O–H groups in total.